The summed E-state index contributed by atoms with van der Waals surface area (Å²) in [5.41, 5.74) is 11.0. The first kappa shape index (κ1) is 10.6. The minimum atomic E-state index is 0.684. The number of hydrogen-bond acceptors (Lipinski definition) is 2. The fourth-order valence-electron chi connectivity index (χ4n) is 2.11. The van der Waals surface area contributed by atoms with Gasteiger partial charge in [-0.15, -0.1) is 0 Å². The standard InChI is InChI=1S/C14H12ClNO/c15-14-6-12(16)3-4-13(14)9-1-2-10-7-17-8-11(10)5-9/h1-6H,7-8,16H2. The van der Waals surface area contributed by atoms with Crippen molar-refractivity contribution >= 4 is 17.3 Å². The maximum atomic E-state index is 6.20. The number of halogens is 1. The molecular weight excluding hydrogens is 234 g/mol. The van der Waals surface area contributed by atoms with E-state index in [2.05, 4.69) is 18.2 Å². The zero-order valence-corrected chi connectivity index (χ0v) is 10.00. The molecular formula is C14H12ClNO. The summed E-state index contributed by atoms with van der Waals surface area (Å²) >= 11 is 6.20. The fraction of sp³-hybridized carbons (Fsp3) is 0.143. The summed E-state index contributed by atoms with van der Waals surface area (Å²) in [6.07, 6.45) is 0. The third-order valence-corrected chi connectivity index (χ3v) is 3.34. The van der Waals surface area contributed by atoms with Crippen molar-refractivity contribution in [3.8, 4) is 11.1 Å². The zero-order chi connectivity index (χ0) is 11.8. The highest BCUT2D eigenvalue weighted by molar-refractivity contribution is 6.33. The Balaban J connectivity index is 2.09. The molecule has 0 amide bonds. The summed E-state index contributed by atoms with van der Waals surface area (Å²) in [4.78, 5) is 0. The van der Waals surface area contributed by atoms with Crippen LogP contribution in [0.25, 0.3) is 11.1 Å². The van der Waals surface area contributed by atoms with Gasteiger partial charge in [-0.05, 0) is 34.9 Å². The Morgan fingerprint density at radius 3 is 2.65 bits per heavy atom. The lowest BCUT2D eigenvalue weighted by molar-refractivity contribution is 0.134. The van der Waals surface area contributed by atoms with Crippen molar-refractivity contribution in [1.29, 1.82) is 0 Å². The summed E-state index contributed by atoms with van der Waals surface area (Å²) in [6, 6.07) is 11.9. The van der Waals surface area contributed by atoms with E-state index in [4.69, 9.17) is 22.1 Å². The van der Waals surface area contributed by atoms with Gasteiger partial charge in [-0.2, -0.15) is 0 Å². The summed E-state index contributed by atoms with van der Waals surface area (Å²) in [5.74, 6) is 0. The second kappa shape index (κ2) is 4.06. The van der Waals surface area contributed by atoms with Crippen molar-refractivity contribution in [2.75, 3.05) is 5.73 Å². The molecule has 17 heavy (non-hydrogen) atoms. The van der Waals surface area contributed by atoms with Crippen LogP contribution in [0.2, 0.25) is 5.02 Å². The Hall–Kier alpha value is -1.51. The molecule has 0 bridgehead atoms. The number of benzene rings is 2. The predicted molar refractivity (Wildman–Crippen MR) is 69.8 cm³/mol. The lowest BCUT2D eigenvalue weighted by atomic mass is 10.0. The first-order valence-corrected chi connectivity index (χ1v) is 5.87. The molecule has 2 aromatic carbocycles. The molecule has 86 valence electrons. The van der Waals surface area contributed by atoms with E-state index in [9.17, 15) is 0 Å². The van der Waals surface area contributed by atoms with Crippen LogP contribution in [0.3, 0.4) is 0 Å². The maximum absolute atomic E-state index is 6.20. The van der Waals surface area contributed by atoms with E-state index in [1.165, 1.54) is 11.1 Å². The van der Waals surface area contributed by atoms with Gasteiger partial charge in [-0.3, -0.25) is 0 Å². The van der Waals surface area contributed by atoms with Crippen molar-refractivity contribution < 1.29 is 4.74 Å². The van der Waals surface area contributed by atoms with Crippen molar-refractivity contribution in [2.24, 2.45) is 0 Å². The molecule has 2 nitrogen and oxygen atoms in total. The Bertz CT molecular complexity index is 580. The molecule has 1 aliphatic rings. The molecule has 0 spiro atoms. The number of nitrogens with two attached hydrogens (primary N) is 1. The van der Waals surface area contributed by atoms with E-state index in [0.717, 1.165) is 11.1 Å². The van der Waals surface area contributed by atoms with E-state index in [1.54, 1.807) is 6.07 Å². The number of anilines is 1. The monoisotopic (exact) mass is 245 g/mol. The van der Waals surface area contributed by atoms with Crippen LogP contribution < -0.4 is 5.73 Å². The molecule has 3 heteroatoms. The van der Waals surface area contributed by atoms with Crippen molar-refractivity contribution in [2.45, 2.75) is 13.2 Å². The van der Waals surface area contributed by atoms with Gasteiger partial charge in [0.1, 0.15) is 0 Å². The molecule has 0 unspecified atom stereocenters. The quantitative estimate of drug-likeness (QED) is 0.779. The van der Waals surface area contributed by atoms with Crippen LogP contribution in [0, 0.1) is 0 Å². The number of hydrogen-bond donors (Lipinski definition) is 1. The average Bonchev–Trinajstić information content (AvgIpc) is 2.75. The van der Waals surface area contributed by atoms with Crippen LogP contribution in [0.1, 0.15) is 11.1 Å². The minimum absolute atomic E-state index is 0.684. The van der Waals surface area contributed by atoms with Crippen LogP contribution in [0.15, 0.2) is 36.4 Å². The second-order valence-electron chi connectivity index (χ2n) is 4.22. The number of nitrogen functional groups attached to an aromatic ring is 1. The highest BCUT2D eigenvalue weighted by Gasteiger charge is 2.12. The summed E-state index contributed by atoms with van der Waals surface area (Å²) in [7, 11) is 0. The number of fused-ring (bicyclic) bond motifs is 1. The van der Waals surface area contributed by atoms with E-state index >= 15 is 0 Å². The molecule has 3 rings (SSSR count). The van der Waals surface area contributed by atoms with Crippen LogP contribution in [0.4, 0.5) is 5.69 Å². The van der Waals surface area contributed by atoms with Crippen LogP contribution in [-0.4, -0.2) is 0 Å². The molecule has 1 heterocycles. The predicted octanol–water partition coefficient (Wildman–Crippen LogP) is 3.62. The van der Waals surface area contributed by atoms with Gasteiger partial charge in [0, 0.05) is 11.3 Å². The minimum Gasteiger partial charge on any atom is -0.399 e. The van der Waals surface area contributed by atoms with Gasteiger partial charge in [0.05, 0.1) is 18.2 Å². The molecule has 0 aromatic heterocycles. The lowest BCUT2D eigenvalue weighted by Gasteiger charge is -2.07. The van der Waals surface area contributed by atoms with Crippen LogP contribution in [0.5, 0.6) is 0 Å². The number of ether oxygens (including phenoxy) is 1. The van der Waals surface area contributed by atoms with Gasteiger partial charge >= 0.3 is 0 Å². The molecule has 0 aliphatic carbocycles. The summed E-state index contributed by atoms with van der Waals surface area (Å²) in [6.45, 7) is 1.40. The highest BCUT2D eigenvalue weighted by Crippen LogP contribution is 2.32. The summed E-state index contributed by atoms with van der Waals surface area (Å²) in [5, 5.41) is 0.684. The first-order valence-electron chi connectivity index (χ1n) is 5.49. The third-order valence-electron chi connectivity index (χ3n) is 3.03. The van der Waals surface area contributed by atoms with E-state index in [0.29, 0.717) is 23.9 Å². The fourth-order valence-corrected chi connectivity index (χ4v) is 2.40. The summed E-state index contributed by atoms with van der Waals surface area (Å²) < 4.78 is 5.40. The van der Waals surface area contributed by atoms with Gasteiger partial charge in [-0.25, -0.2) is 0 Å². The highest BCUT2D eigenvalue weighted by atomic mass is 35.5. The first-order chi connectivity index (χ1) is 8.24. The zero-order valence-electron chi connectivity index (χ0n) is 9.24. The third kappa shape index (κ3) is 1.90. The Labute approximate surface area is 105 Å². The van der Waals surface area contributed by atoms with Crippen molar-refractivity contribution in [3.63, 3.8) is 0 Å². The smallest absolute Gasteiger partial charge is 0.0725 e. The van der Waals surface area contributed by atoms with E-state index in [1.807, 2.05) is 12.1 Å². The SMILES string of the molecule is Nc1ccc(-c2ccc3c(c2)COC3)c(Cl)c1. The Morgan fingerprint density at radius 2 is 1.82 bits per heavy atom. The topological polar surface area (TPSA) is 35.2 Å². The Kier molecular flexibility index (Phi) is 2.54. The molecule has 0 radical (unpaired) electrons. The lowest BCUT2D eigenvalue weighted by Crippen LogP contribution is -1.88. The average molecular weight is 246 g/mol. The van der Waals surface area contributed by atoms with Crippen molar-refractivity contribution in [1.82, 2.24) is 0 Å². The van der Waals surface area contributed by atoms with Crippen LogP contribution >= 0.6 is 11.6 Å². The van der Waals surface area contributed by atoms with Gasteiger partial charge in [0.15, 0.2) is 0 Å². The van der Waals surface area contributed by atoms with Gasteiger partial charge < -0.3 is 10.5 Å². The maximum Gasteiger partial charge on any atom is 0.0725 e. The molecule has 2 N–H and O–H groups in total. The molecule has 0 saturated heterocycles. The molecule has 2 aromatic rings. The van der Waals surface area contributed by atoms with Gasteiger partial charge in [-0.1, -0.05) is 29.8 Å². The van der Waals surface area contributed by atoms with E-state index < -0.39 is 0 Å². The largest absolute Gasteiger partial charge is 0.399 e. The normalized spacial score (nSPS) is 13.7. The van der Waals surface area contributed by atoms with Crippen LogP contribution in [-0.2, 0) is 18.0 Å². The second-order valence-corrected chi connectivity index (χ2v) is 4.62. The molecule has 0 atom stereocenters. The van der Waals surface area contributed by atoms with Gasteiger partial charge in [0.25, 0.3) is 0 Å². The van der Waals surface area contributed by atoms with Crippen molar-refractivity contribution in [3.05, 3.63) is 52.5 Å². The molecule has 1 aliphatic heterocycles. The van der Waals surface area contributed by atoms with Gasteiger partial charge in [0.2, 0.25) is 0 Å². The number of rotatable bonds is 1. The molecule has 0 fully saturated rings. The van der Waals surface area contributed by atoms with E-state index in [-0.39, 0.29) is 0 Å². The Morgan fingerprint density at radius 1 is 1.00 bits per heavy atom. The molecule has 0 saturated carbocycles.